The summed E-state index contributed by atoms with van der Waals surface area (Å²) >= 11 is 1.32. The summed E-state index contributed by atoms with van der Waals surface area (Å²) in [5.74, 6) is -0.694. The number of hydrogen-bond acceptors (Lipinski definition) is 6. The molecule has 9 heteroatoms. The van der Waals surface area contributed by atoms with E-state index in [0.29, 0.717) is 42.4 Å². The van der Waals surface area contributed by atoms with Crippen LogP contribution < -0.4 is 16.0 Å². The number of amides is 3. The average molecular weight is 493 g/mol. The first-order valence-corrected chi connectivity index (χ1v) is 12.3. The number of hydrogen-bond donors (Lipinski definition) is 3. The Labute approximate surface area is 208 Å². The van der Waals surface area contributed by atoms with Crippen molar-refractivity contribution in [3.63, 3.8) is 0 Å². The van der Waals surface area contributed by atoms with E-state index in [2.05, 4.69) is 16.0 Å². The SMILES string of the molecule is O=C(CN1CCOCC1)Nc1ccc(NC(=O)C(Cc2ccccc2)NC(=O)c2cccs2)cc1. The van der Waals surface area contributed by atoms with Crippen LogP contribution >= 0.6 is 11.3 Å². The Morgan fingerprint density at radius 1 is 0.886 bits per heavy atom. The molecule has 2 aromatic carbocycles. The van der Waals surface area contributed by atoms with E-state index in [1.807, 2.05) is 40.6 Å². The molecule has 1 aliphatic heterocycles. The summed E-state index contributed by atoms with van der Waals surface area (Å²) in [4.78, 5) is 40.6. The van der Waals surface area contributed by atoms with Crippen LogP contribution in [0.2, 0.25) is 0 Å². The number of nitrogens with zero attached hydrogens (tertiary/aromatic N) is 1. The fourth-order valence-electron chi connectivity index (χ4n) is 3.73. The van der Waals surface area contributed by atoms with Crippen molar-refractivity contribution in [3.05, 3.63) is 82.6 Å². The Kier molecular flexibility index (Phi) is 8.61. The Morgan fingerprint density at radius 3 is 2.23 bits per heavy atom. The van der Waals surface area contributed by atoms with E-state index in [9.17, 15) is 14.4 Å². The molecule has 1 aromatic heterocycles. The molecule has 1 atom stereocenters. The molecule has 1 aliphatic rings. The number of rotatable bonds is 9. The molecule has 1 unspecified atom stereocenters. The van der Waals surface area contributed by atoms with Gasteiger partial charge < -0.3 is 20.7 Å². The van der Waals surface area contributed by atoms with Crippen LogP contribution in [0.25, 0.3) is 0 Å². The molecule has 1 saturated heterocycles. The molecule has 3 N–H and O–H groups in total. The van der Waals surface area contributed by atoms with Gasteiger partial charge in [-0.05, 0) is 41.3 Å². The van der Waals surface area contributed by atoms with Crippen LogP contribution in [-0.4, -0.2) is 61.5 Å². The molecule has 3 aromatic rings. The predicted octanol–water partition coefficient (Wildman–Crippen LogP) is 3.00. The van der Waals surface area contributed by atoms with Gasteiger partial charge in [0.1, 0.15) is 6.04 Å². The van der Waals surface area contributed by atoms with Crippen LogP contribution in [0.15, 0.2) is 72.1 Å². The molecule has 182 valence electrons. The third kappa shape index (κ3) is 7.48. The molecule has 4 rings (SSSR count). The standard InChI is InChI=1S/C26H28N4O4S/c31-24(18-30-12-14-34-15-13-30)27-20-8-10-21(11-9-20)28-25(32)22(17-19-5-2-1-3-6-19)29-26(33)23-7-4-16-35-23/h1-11,16,22H,12-15,17-18H2,(H,27,31)(H,28,32)(H,29,33). The van der Waals surface area contributed by atoms with E-state index in [0.717, 1.165) is 18.7 Å². The van der Waals surface area contributed by atoms with Crippen molar-refractivity contribution >= 4 is 40.4 Å². The smallest absolute Gasteiger partial charge is 0.262 e. The summed E-state index contributed by atoms with van der Waals surface area (Å²) in [7, 11) is 0. The fraction of sp³-hybridized carbons (Fsp3) is 0.269. The highest BCUT2D eigenvalue weighted by molar-refractivity contribution is 7.12. The quantitative estimate of drug-likeness (QED) is 0.427. The zero-order valence-electron chi connectivity index (χ0n) is 19.2. The molecule has 3 amide bonds. The lowest BCUT2D eigenvalue weighted by atomic mass is 10.0. The van der Waals surface area contributed by atoms with E-state index >= 15 is 0 Å². The van der Waals surface area contributed by atoms with Gasteiger partial charge in [-0.25, -0.2) is 0 Å². The van der Waals surface area contributed by atoms with E-state index < -0.39 is 6.04 Å². The van der Waals surface area contributed by atoms with Gasteiger partial charge in [0, 0.05) is 30.9 Å². The van der Waals surface area contributed by atoms with Crippen LogP contribution in [0.5, 0.6) is 0 Å². The van der Waals surface area contributed by atoms with Crippen molar-refractivity contribution in [2.24, 2.45) is 0 Å². The third-order valence-corrected chi connectivity index (χ3v) is 6.43. The normalized spacial score (nSPS) is 14.6. The van der Waals surface area contributed by atoms with E-state index in [-0.39, 0.29) is 17.7 Å². The topological polar surface area (TPSA) is 99.8 Å². The highest BCUT2D eigenvalue weighted by atomic mass is 32.1. The summed E-state index contributed by atoms with van der Waals surface area (Å²) in [6, 6.07) is 19.3. The zero-order chi connectivity index (χ0) is 24.5. The Balaban J connectivity index is 1.36. The molecule has 2 heterocycles. The number of nitrogens with one attached hydrogen (secondary N) is 3. The first-order chi connectivity index (χ1) is 17.1. The van der Waals surface area contributed by atoms with Gasteiger partial charge in [-0.1, -0.05) is 36.4 Å². The lowest BCUT2D eigenvalue weighted by Crippen LogP contribution is -2.45. The monoisotopic (exact) mass is 492 g/mol. The number of carbonyl (C=O) groups excluding carboxylic acids is 3. The van der Waals surface area contributed by atoms with E-state index in [1.54, 1.807) is 36.4 Å². The van der Waals surface area contributed by atoms with Crippen molar-refractivity contribution in [1.82, 2.24) is 10.2 Å². The number of benzene rings is 2. The number of ether oxygens (including phenoxy) is 1. The highest BCUT2D eigenvalue weighted by Gasteiger charge is 2.23. The zero-order valence-corrected chi connectivity index (χ0v) is 20.1. The predicted molar refractivity (Wildman–Crippen MR) is 137 cm³/mol. The van der Waals surface area contributed by atoms with Crippen molar-refractivity contribution in [1.29, 1.82) is 0 Å². The molecular formula is C26H28N4O4S. The number of anilines is 2. The van der Waals surface area contributed by atoms with Crippen LogP contribution in [0.1, 0.15) is 15.2 Å². The number of carbonyl (C=O) groups is 3. The number of morpholine rings is 1. The lowest BCUT2D eigenvalue weighted by Gasteiger charge is -2.25. The maximum atomic E-state index is 13.1. The maximum Gasteiger partial charge on any atom is 0.262 e. The van der Waals surface area contributed by atoms with Gasteiger partial charge in [0.25, 0.3) is 5.91 Å². The van der Waals surface area contributed by atoms with Gasteiger partial charge in [-0.15, -0.1) is 11.3 Å². The van der Waals surface area contributed by atoms with Crippen molar-refractivity contribution in [3.8, 4) is 0 Å². The highest BCUT2D eigenvalue weighted by Crippen LogP contribution is 2.16. The van der Waals surface area contributed by atoms with Crippen molar-refractivity contribution < 1.29 is 19.1 Å². The minimum atomic E-state index is -0.750. The van der Waals surface area contributed by atoms with Crippen molar-refractivity contribution in [2.45, 2.75) is 12.5 Å². The summed E-state index contributed by atoms with van der Waals surface area (Å²) in [6.45, 7) is 3.07. The van der Waals surface area contributed by atoms with Crippen LogP contribution in [0, 0.1) is 0 Å². The Hall–Kier alpha value is -3.53. The molecule has 1 fully saturated rings. The second kappa shape index (κ2) is 12.3. The van der Waals surface area contributed by atoms with Gasteiger partial charge in [0.2, 0.25) is 11.8 Å². The lowest BCUT2D eigenvalue weighted by molar-refractivity contribution is -0.118. The van der Waals surface area contributed by atoms with Crippen molar-refractivity contribution in [2.75, 3.05) is 43.5 Å². The van der Waals surface area contributed by atoms with Gasteiger partial charge in [-0.2, -0.15) is 0 Å². The number of thiophene rings is 1. The summed E-state index contributed by atoms with van der Waals surface area (Å²) in [5, 5.41) is 10.4. The van der Waals surface area contributed by atoms with Gasteiger partial charge in [0.15, 0.2) is 0 Å². The van der Waals surface area contributed by atoms with Gasteiger partial charge >= 0.3 is 0 Å². The molecule has 8 nitrogen and oxygen atoms in total. The summed E-state index contributed by atoms with van der Waals surface area (Å²) in [6.07, 6.45) is 0.361. The van der Waals surface area contributed by atoms with Crippen LogP contribution in [0.3, 0.4) is 0 Å². The fourth-order valence-corrected chi connectivity index (χ4v) is 4.35. The minimum absolute atomic E-state index is 0.0945. The molecule has 0 aliphatic carbocycles. The van der Waals surface area contributed by atoms with E-state index in [1.165, 1.54) is 11.3 Å². The molecule has 0 radical (unpaired) electrons. The molecular weight excluding hydrogens is 464 g/mol. The summed E-state index contributed by atoms with van der Waals surface area (Å²) in [5.41, 5.74) is 2.16. The summed E-state index contributed by atoms with van der Waals surface area (Å²) < 4.78 is 5.30. The second-order valence-electron chi connectivity index (χ2n) is 8.20. The molecule has 0 bridgehead atoms. The molecule has 0 saturated carbocycles. The van der Waals surface area contributed by atoms with Gasteiger partial charge in [0.05, 0.1) is 24.6 Å². The molecule has 35 heavy (non-hydrogen) atoms. The average Bonchev–Trinajstić information content (AvgIpc) is 3.41. The minimum Gasteiger partial charge on any atom is -0.379 e. The first-order valence-electron chi connectivity index (χ1n) is 11.5. The first kappa shape index (κ1) is 24.6. The van der Waals surface area contributed by atoms with Gasteiger partial charge in [-0.3, -0.25) is 19.3 Å². The third-order valence-electron chi connectivity index (χ3n) is 5.56. The molecule has 0 spiro atoms. The van der Waals surface area contributed by atoms with Crippen LogP contribution in [-0.2, 0) is 20.7 Å². The Bertz CT molecular complexity index is 1110. The largest absolute Gasteiger partial charge is 0.379 e. The second-order valence-corrected chi connectivity index (χ2v) is 9.14. The van der Waals surface area contributed by atoms with E-state index in [4.69, 9.17) is 4.74 Å². The maximum absolute atomic E-state index is 13.1. The van der Waals surface area contributed by atoms with Crippen LogP contribution in [0.4, 0.5) is 11.4 Å². The Morgan fingerprint density at radius 2 is 1.57 bits per heavy atom.